The van der Waals surface area contributed by atoms with E-state index in [0.717, 1.165) is 16.8 Å². The smallest absolute Gasteiger partial charge is 0.319 e. The van der Waals surface area contributed by atoms with Gasteiger partial charge in [0.15, 0.2) is 0 Å². The Bertz CT molecular complexity index is 822. The molecule has 0 spiro atoms. The number of hydrogen-bond donors (Lipinski definition) is 2. The fourth-order valence-electron chi connectivity index (χ4n) is 2.16. The zero-order valence-corrected chi connectivity index (χ0v) is 12.7. The van der Waals surface area contributed by atoms with Gasteiger partial charge in [-0.05, 0) is 54.1 Å². The summed E-state index contributed by atoms with van der Waals surface area (Å²) in [6, 6.07) is 12.7. The van der Waals surface area contributed by atoms with Crippen LogP contribution >= 0.6 is 0 Å². The summed E-state index contributed by atoms with van der Waals surface area (Å²) in [5.74, 6) is -0.346. The van der Waals surface area contributed by atoms with E-state index in [2.05, 4.69) is 20.6 Å². The van der Waals surface area contributed by atoms with E-state index < -0.39 is 0 Å². The summed E-state index contributed by atoms with van der Waals surface area (Å²) >= 11 is 0. The van der Waals surface area contributed by atoms with E-state index in [1.807, 2.05) is 24.3 Å². The number of aromatic nitrogens is 2. The number of benzene rings is 1. The molecule has 0 aliphatic rings. The van der Waals surface area contributed by atoms with E-state index in [0.29, 0.717) is 12.2 Å². The van der Waals surface area contributed by atoms with E-state index in [-0.39, 0.29) is 11.8 Å². The van der Waals surface area contributed by atoms with Gasteiger partial charge >= 0.3 is 6.03 Å². The Morgan fingerprint density at radius 1 is 1.00 bits per heavy atom. The van der Waals surface area contributed by atoms with E-state index in [1.54, 1.807) is 18.6 Å². The zero-order valence-electron chi connectivity index (χ0n) is 12.7. The van der Waals surface area contributed by atoms with Crippen LogP contribution in [0.2, 0.25) is 0 Å². The van der Waals surface area contributed by atoms with Crippen molar-refractivity contribution in [1.82, 2.24) is 15.3 Å². The van der Waals surface area contributed by atoms with Crippen LogP contribution in [0.3, 0.4) is 0 Å². The minimum absolute atomic E-state index is 0.346. The highest BCUT2D eigenvalue weighted by atomic mass is 19.1. The number of nitrogens with zero attached hydrogens (tertiary/aromatic N) is 2. The topological polar surface area (TPSA) is 66.9 Å². The molecule has 1 aromatic carbocycles. The van der Waals surface area contributed by atoms with Crippen LogP contribution in [0.4, 0.5) is 14.9 Å². The molecule has 0 unspecified atom stereocenters. The molecular weight excluding hydrogens is 307 g/mol. The second-order valence-corrected chi connectivity index (χ2v) is 5.10. The van der Waals surface area contributed by atoms with Crippen LogP contribution in [-0.4, -0.2) is 16.0 Å². The first-order valence-electron chi connectivity index (χ1n) is 7.36. The third-order valence-electron chi connectivity index (χ3n) is 3.36. The SMILES string of the molecule is O=C(NCc1ccnc(-c2ccncc2)c1)Nc1ccc(F)cc1. The maximum Gasteiger partial charge on any atom is 0.319 e. The maximum absolute atomic E-state index is 12.8. The minimum atomic E-state index is -0.358. The molecule has 2 aromatic heterocycles. The Morgan fingerprint density at radius 3 is 2.50 bits per heavy atom. The predicted octanol–water partition coefficient (Wildman–Crippen LogP) is 3.60. The summed E-state index contributed by atoms with van der Waals surface area (Å²) < 4.78 is 12.8. The third kappa shape index (κ3) is 4.13. The van der Waals surface area contributed by atoms with Crippen LogP contribution < -0.4 is 10.6 Å². The van der Waals surface area contributed by atoms with Crippen molar-refractivity contribution in [3.05, 3.63) is 78.5 Å². The maximum atomic E-state index is 12.8. The molecule has 0 aliphatic heterocycles. The number of pyridine rings is 2. The molecular formula is C18H15FN4O. The van der Waals surface area contributed by atoms with Crippen LogP contribution in [0, 0.1) is 5.82 Å². The van der Waals surface area contributed by atoms with Crippen LogP contribution in [-0.2, 0) is 6.54 Å². The number of halogens is 1. The van der Waals surface area contributed by atoms with Crippen molar-refractivity contribution >= 4 is 11.7 Å². The summed E-state index contributed by atoms with van der Waals surface area (Å²) in [6.07, 6.45) is 5.11. The van der Waals surface area contributed by atoms with Crippen molar-refractivity contribution < 1.29 is 9.18 Å². The van der Waals surface area contributed by atoms with Gasteiger partial charge in [-0.2, -0.15) is 0 Å². The van der Waals surface area contributed by atoms with Gasteiger partial charge in [-0.25, -0.2) is 9.18 Å². The molecule has 24 heavy (non-hydrogen) atoms. The van der Waals surface area contributed by atoms with E-state index in [4.69, 9.17) is 0 Å². The Morgan fingerprint density at radius 2 is 1.75 bits per heavy atom. The number of anilines is 1. The first-order chi connectivity index (χ1) is 11.7. The number of hydrogen-bond acceptors (Lipinski definition) is 3. The molecule has 3 rings (SSSR count). The van der Waals surface area contributed by atoms with Gasteiger partial charge in [-0.3, -0.25) is 9.97 Å². The van der Waals surface area contributed by atoms with Gasteiger partial charge in [0.2, 0.25) is 0 Å². The molecule has 2 N–H and O–H groups in total. The molecule has 5 nitrogen and oxygen atoms in total. The molecule has 6 heteroatoms. The van der Waals surface area contributed by atoms with E-state index >= 15 is 0 Å². The standard InChI is InChI=1S/C18H15FN4O/c19-15-1-3-16(4-2-15)23-18(24)22-12-13-5-10-21-17(11-13)14-6-8-20-9-7-14/h1-11H,12H2,(H2,22,23,24). The van der Waals surface area contributed by atoms with Crippen molar-refractivity contribution in [3.63, 3.8) is 0 Å². The summed E-state index contributed by atoms with van der Waals surface area (Å²) in [5, 5.41) is 5.40. The molecule has 0 aliphatic carbocycles. The van der Waals surface area contributed by atoms with Crippen molar-refractivity contribution in [2.75, 3.05) is 5.32 Å². The normalized spacial score (nSPS) is 10.2. The number of rotatable bonds is 4. The van der Waals surface area contributed by atoms with Gasteiger partial charge in [-0.1, -0.05) is 0 Å². The molecule has 0 atom stereocenters. The van der Waals surface area contributed by atoms with Crippen LogP contribution in [0.15, 0.2) is 67.1 Å². The highest BCUT2D eigenvalue weighted by Gasteiger charge is 2.04. The van der Waals surface area contributed by atoms with Gasteiger partial charge in [0.25, 0.3) is 0 Å². The van der Waals surface area contributed by atoms with Crippen molar-refractivity contribution in [2.24, 2.45) is 0 Å². The third-order valence-corrected chi connectivity index (χ3v) is 3.36. The first-order valence-corrected chi connectivity index (χ1v) is 7.36. The molecule has 0 radical (unpaired) electrons. The molecule has 120 valence electrons. The van der Waals surface area contributed by atoms with Crippen LogP contribution in [0.25, 0.3) is 11.3 Å². The molecule has 2 heterocycles. The first kappa shape index (κ1) is 15.6. The lowest BCUT2D eigenvalue weighted by atomic mass is 10.1. The quantitative estimate of drug-likeness (QED) is 0.771. The lowest BCUT2D eigenvalue weighted by Gasteiger charge is -2.08. The van der Waals surface area contributed by atoms with Gasteiger partial charge in [-0.15, -0.1) is 0 Å². The highest BCUT2D eigenvalue weighted by Crippen LogP contribution is 2.16. The van der Waals surface area contributed by atoms with Crippen molar-refractivity contribution in [3.8, 4) is 11.3 Å². The van der Waals surface area contributed by atoms with E-state index in [9.17, 15) is 9.18 Å². The lowest BCUT2D eigenvalue weighted by molar-refractivity contribution is 0.251. The second kappa shape index (κ2) is 7.32. The molecule has 0 saturated carbocycles. The predicted molar refractivity (Wildman–Crippen MR) is 89.7 cm³/mol. The molecule has 0 bridgehead atoms. The summed E-state index contributed by atoms with van der Waals surface area (Å²) in [5.41, 5.74) is 3.23. The number of nitrogens with one attached hydrogen (secondary N) is 2. The largest absolute Gasteiger partial charge is 0.334 e. The Labute approximate surface area is 138 Å². The monoisotopic (exact) mass is 322 g/mol. The number of carbonyl (C=O) groups excluding carboxylic acids is 1. The zero-order chi connectivity index (χ0) is 16.8. The summed E-state index contributed by atoms with van der Waals surface area (Å²) in [4.78, 5) is 20.2. The number of amides is 2. The van der Waals surface area contributed by atoms with Gasteiger partial charge in [0, 0.05) is 36.4 Å². The fourth-order valence-corrected chi connectivity index (χ4v) is 2.16. The average Bonchev–Trinajstić information content (AvgIpc) is 2.63. The molecule has 0 saturated heterocycles. The van der Waals surface area contributed by atoms with Crippen molar-refractivity contribution in [1.29, 1.82) is 0 Å². The highest BCUT2D eigenvalue weighted by molar-refractivity contribution is 5.89. The minimum Gasteiger partial charge on any atom is -0.334 e. The van der Waals surface area contributed by atoms with Crippen LogP contribution in [0.1, 0.15) is 5.56 Å². The van der Waals surface area contributed by atoms with Crippen molar-refractivity contribution in [2.45, 2.75) is 6.54 Å². The fraction of sp³-hybridized carbons (Fsp3) is 0.0556. The molecule has 3 aromatic rings. The Kier molecular flexibility index (Phi) is 4.76. The molecule has 2 amide bonds. The van der Waals surface area contributed by atoms with Gasteiger partial charge in [0.05, 0.1) is 5.69 Å². The summed E-state index contributed by atoms with van der Waals surface area (Å²) in [7, 11) is 0. The number of urea groups is 1. The van der Waals surface area contributed by atoms with Crippen LogP contribution in [0.5, 0.6) is 0 Å². The van der Waals surface area contributed by atoms with E-state index in [1.165, 1.54) is 24.3 Å². The number of carbonyl (C=O) groups is 1. The summed E-state index contributed by atoms with van der Waals surface area (Å²) in [6.45, 7) is 0.355. The van der Waals surface area contributed by atoms with Gasteiger partial charge in [0.1, 0.15) is 5.82 Å². The Hall–Kier alpha value is -3.28. The van der Waals surface area contributed by atoms with Gasteiger partial charge < -0.3 is 10.6 Å². The second-order valence-electron chi connectivity index (χ2n) is 5.10. The average molecular weight is 322 g/mol. The molecule has 0 fully saturated rings. The Balaban J connectivity index is 1.60. The lowest BCUT2D eigenvalue weighted by Crippen LogP contribution is -2.28.